The zero-order valence-corrected chi connectivity index (χ0v) is 16.7. The highest BCUT2D eigenvalue weighted by atomic mass is 19.1. The molecule has 0 aliphatic carbocycles. The van der Waals surface area contributed by atoms with Gasteiger partial charge in [0.15, 0.2) is 5.75 Å². The molecule has 0 atom stereocenters. The zero-order chi connectivity index (χ0) is 22.5. The molecule has 8 heteroatoms. The minimum Gasteiger partial charge on any atom is -0.505 e. The Kier molecular flexibility index (Phi) is 6.30. The van der Waals surface area contributed by atoms with Crippen molar-refractivity contribution in [1.82, 2.24) is 0 Å². The molecular formula is C23H19FN2O5. The number of amides is 2. The number of methoxy groups -OCH3 is 1. The molecule has 0 radical (unpaired) electrons. The van der Waals surface area contributed by atoms with Crippen LogP contribution in [-0.4, -0.2) is 30.0 Å². The highest BCUT2D eigenvalue weighted by Crippen LogP contribution is 2.29. The van der Waals surface area contributed by atoms with E-state index in [2.05, 4.69) is 15.4 Å². The second kappa shape index (κ2) is 9.08. The number of rotatable bonds is 5. The molecule has 0 aliphatic heterocycles. The van der Waals surface area contributed by atoms with E-state index in [0.29, 0.717) is 11.3 Å². The fraction of sp³-hybridized carbons (Fsp3) is 0.0870. The molecule has 0 saturated carbocycles. The Morgan fingerprint density at radius 2 is 1.55 bits per heavy atom. The average Bonchev–Trinajstić information content (AvgIpc) is 2.76. The number of nitrogens with one attached hydrogen (secondary N) is 2. The van der Waals surface area contributed by atoms with Gasteiger partial charge >= 0.3 is 5.97 Å². The van der Waals surface area contributed by atoms with Gasteiger partial charge in [-0.2, -0.15) is 0 Å². The summed E-state index contributed by atoms with van der Waals surface area (Å²) in [6, 6.07) is 14.4. The van der Waals surface area contributed by atoms with Crippen molar-refractivity contribution in [2.24, 2.45) is 0 Å². The molecule has 3 N–H and O–H groups in total. The molecule has 0 aliphatic rings. The van der Waals surface area contributed by atoms with E-state index in [9.17, 15) is 23.9 Å². The molecule has 3 aromatic rings. The van der Waals surface area contributed by atoms with E-state index in [-0.39, 0.29) is 22.4 Å². The summed E-state index contributed by atoms with van der Waals surface area (Å²) in [4.78, 5) is 36.8. The Morgan fingerprint density at radius 3 is 2.26 bits per heavy atom. The maximum absolute atomic E-state index is 13.9. The van der Waals surface area contributed by atoms with Crippen molar-refractivity contribution in [3.63, 3.8) is 0 Å². The van der Waals surface area contributed by atoms with E-state index >= 15 is 0 Å². The predicted octanol–water partition coefficient (Wildman–Crippen LogP) is 4.13. The lowest BCUT2D eigenvalue weighted by Gasteiger charge is -2.13. The largest absolute Gasteiger partial charge is 0.505 e. The van der Waals surface area contributed by atoms with Crippen LogP contribution in [0.4, 0.5) is 15.8 Å². The minimum atomic E-state index is -0.748. The highest BCUT2D eigenvalue weighted by Gasteiger charge is 2.18. The molecule has 7 nitrogen and oxygen atoms in total. The SMILES string of the molecule is COC(=O)c1cccc(NC(=O)c2ccc(C)c(NC(=O)c3ccccc3F)c2)c1O. The van der Waals surface area contributed by atoms with Crippen LogP contribution < -0.4 is 10.6 Å². The van der Waals surface area contributed by atoms with E-state index in [1.807, 2.05) is 0 Å². The monoisotopic (exact) mass is 422 g/mol. The van der Waals surface area contributed by atoms with Gasteiger partial charge < -0.3 is 20.5 Å². The van der Waals surface area contributed by atoms with E-state index in [4.69, 9.17) is 0 Å². The minimum absolute atomic E-state index is 0.0189. The molecule has 3 aromatic carbocycles. The van der Waals surface area contributed by atoms with Crippen LogP contribution in [0.15, 0.2) is 60.7 Å². The molecule has 0 aromatic heterocycles. The third kappa shape index (κ3) is 4.69. The number of carbonyl (C=O) groups is 3. The summed E-state index contributed by atoms with van der Waals surface area (Å²) in [6.07, 6.45) is 0. The van der Waals surface area contributed by atoms with Gasteiger partial charge in [0.05, 0.1) is 18.4 Å². The number of aryl methyl sites for hydroxylation is 1. The van der Waals surface area contributed by atoms with Crippen molar-refractivity contribution in [2.75, 3.05) is 17.7 Å². The van der Waals surface area contributed by atoms with Crippen molar-refractivity contribution in [1.29, 1.82) is 0 Å². The van der Waals surface area contributed by atoms with Crippen LogP contribution in [0.1, 0.15) is 36.6 Å². The van der Waals surface area contributed by atoms with Crippen molar-refractivity contribution in [3.05, 3.63) is 88.7 Å². The predicted molar refractivity (Wildman–Crippen MR) is 113 cm³/mol. The summed E-state index contributed by atoms with van der Waals surface area (Å²) in [6.45, 7) is 1.73. The van der Waals surface area contributed by atoms with Gasteiger partial charge in [0.25, 0.3) is 11.8 Å². The third-order valence-corrected chi connectivity index (χ3v) is 4.56. The number of esters is 1. The van der Waals surface area contributed by atoms with Gasteiger partial charge in [0, 0.05) is 11.3 Å². The van der Waals surface area contributed by atoms with Gasteiger partial charge in [-0.25, -0.2) is 9.18 Å². The first-order valence-electron chi connectivity index (χ1n) is 9.20. The van der Waals surface area contributed by atoms with Crippen molar-refractivity contribution >= 4 is 29.2 Å². The number of aromatic hydroxyl groups is 1. The number of phenolic OH excluding ortho intramolecular Hbond substituents is 1. The van der Waals surface area contributed by atoms with E-state index in [1.54, 1.807) is 19.1 Å². The zero-order valence-electron chi connectivity index (χ0n) is 16.7. The fourth-order valence-electron chi connectivity index (χ4n) is 2.85. The highest BCUT2D eigenvalue weighted by molar-refractivity contribution is 6.09. The number of hydrogen-bond donors (Lipinski definition) is 3. The molecule has 0 unspecified atom stereocenters. The van der Waals surface area contributed by atoms with Gasteiger partial charge in [-0.1, -0.05) is 24.3 Å². The molecule has 0 spiro atoms. The lowest BCUT2D eigenvalue weighted by atomic mass is 10.1. The normalized spacial score (nSPS) is 10.3. The summed E-state index contributed by atoms with van der Waals surface area (Å²) >= 11 is 0. The second-order valence-electron chi connectivity index (χ2n) is 6.61. The van der Waals surface area contributed by atoms with Gasteiger partial charge in [-0.05, 0) is 48.9 Å². The number of hydrogen-bond acceptors (Lipinski definition) is 5. The smallest absolute Gasteiger partial charge is 0.341 e. The lowest BCUT2D eigenvalue weighted by Crippen LogP contribution is -2.16. The summed E-state index contributed by atoms with van der Waals surface area (Å²) in [5, 5.41) is 15.4. The molecule has 3 rings (SSSR count). The maximum atomic E-state index is 13.9. The number of benzene rings is 3. The van der Waals surface area contributed by atoms with Crippen LogP contribution in [0.5, 0.6) is 5.75 Å². The first-order valence-corrected chi connectivity index (χ1v) is 9.20. The Balaban J connectivity index is 1.83. The molecule has 2 amide bonds. The summed E-state index contributed by atoms with van der Waals surface area (Å²) in [5.41, 5.74) is 0.969. The van der Waals surface area contributed by atoms with Crippen LogP contribution in [0.25, 0.3) is 0 Å². The first-order chi connectivity index (χ1) is 14.8. The van der Waals surface area contributed by atoms with E-state index < -0.39 is 29.4 Å². The van der Waals surface area contributed by atoms with Gasteiger partial charge in [-0.3, -0.25) is 9.59 Å². The van der Waals surface area contributed by atoms with Crippen molar-refractivity contribution in [3.8, 4) is 5.75 Å². The van der Waals surface area contributed by atoms with Crippen molar-refractivity contribution in [2.45, 2.75) is 6.92 Å². The van der Waals surface area contributed by atoms with E-state index in [1.165, 1.54) is 55.6 Å². The number of anilines is 2. The number of para-hydroxylation sites is 1. The van der Waals surface area contributed by atoms with Crippen LogP contribution in [0.3, 0.4) is 0 Å². The third-order valence-electron chi connectivity index (χ3n) is 4.56. The van der Waals surface area contributed by atoms with Gasteiger partial charge in [-0.15, -0.1) is 0 Å². The molecule has 0 fully saturated rings. The Bertz CT molecular complexity index is 1180. The van der Waals surface area contributed by atoms with E-state index in [0.717, 1.165) is 0 Å². The van der Waals surface area contributed by atoms with Crippen LogP contribution in [-0.2, 0) is 4.74 Å². The molecule has 31 heavy (non-hydrogen) atoms. The number of ether oxygens (including phenoxy) is 1. The first kappa shape index (κ1) is 21.5. The van der Waals surface area contributed by atoms with Crippen LogP contribution >= 0.6 is 0 Å². The number of phenols is 1. The van der Waals surface area contributed by atoms with Crippen LogP contribution in [0.2, 0.25) is 0 Å². The summed E-state index contributed by atoms with van der Waals surface area (Å²) in [7, 11) is 1.18. The molecule has 0 saturated heterocycles. The summed E-state index contributed by atoms with van der Waals surface area (Å²) < 4.78 is 18.5. The maximum Gasteiger partial charge on any atom is 0.341 e. The topological polar surface area (TPSA) is 105 Å². The molecular weight excluding hydrogens is 403 g/mol. The van der Waals surface area contributed by atoms with Gasteiger partial charge in [0.1, 0.15) is 11.4 Å². The molecule has 0 bridgehead atoms. The quantitative estimate of drug-likeness (QED) is 0.424. The second-order valence-corrected chi connectivity index (χ2v) is 6.61. The number of carbonyl (C=O) groups excluding carboxylic acids is 3. The number of halogens is 1. The molecule has 0 heterocycles. The molecule has 158 valence electrons. The average molecular weight is 422 g/mol. The lowest BCUT2D eigenvalue weighted by molar-refractivity contribution is 0.0597. The fourth-order valence-corrected chi connectivity index (χ4v) is 2.85. The Labute approximate surface area is 177 Å². The Hall–Kier alpha value is -4.20. The Morgan fingerprint density at radius 1 is 0.871 bits per heavy atom. The van der Waals surface area contributed by atoms with Gasteiger partial charge in [0.2, 0.25) is 0 Å². The summed E-state index contributed by atoms with van der Waals surface area (Å²) in [5.74, 6) is -3.07. The standard InChI is InChI=1S/C23H19FN2O5/c1-13-10-11-14(12-19(13)26-22(29)15-6-3-4-8-17(15)24)21(28)25-18-9-5-7-16(20(18)27)23(30)31-2/h3-12,27H,1-2H3,(H,25,28)(H,26,29). The van der Waals surface area contributed by atoms with Crippen LogP contribution in [0, 0.1) is 12.7 Å². The van der Waals surface area contributed by atoms with Crippen molar-refractivity contribution < 1.29 is 28.6 Å².